The minimum Gasteiger partial charge on any atom is -0.508 e. The van der Waals surface area contributed by atoms with Crippen molar-refractivity contribution in [1.29, 1.82) is 0 Å². The predicted molar refractivity (Wildman–Crippen MR) is 119 cm³/mol. The molecule has 0 aliphatic carbocycles. The molecule has 2 aromatic carbocycles. The molecule has 2 aliphatic rings. The van der Waals surface area contributed by atoms with Gasteiger partial charge in [0.15, 0.2) is 0 Å². The van der Waals surface area contributed by atoms with Crippen LogP contribution in [0.1, 0.15) is 62.3 Å². The summed E-state index contributed by atoms with van der Waals surface area (Å²) >= 11 is 0. The predicted octanol–water partition coefficient (Wildman–Crippen LogP) is 6.25. The van der Waals surface area contributed by atoms with Crippen molar-refractivity contribution in [1.82, 2.24) is 0 Å². The highest BCUT2D eigenvalue weighted by atomic mass is 16.5. The Balaban J connectivity index is 1.57. The number of benzene rings is 2. The van der Waals surface area contributed by atoms with Gasteiger partial charge in [0.2, 0.25) is 0 Å². The zero-order chi connectivity index (χ0) is 21.3. The summed E-state index contributed by atoms with van der Waals surface area (Å²) in [5, 5.41) is 9.75. The Kier molecular flexibility index (Phi) is 5.76. The monoisotopic (exact) mass is 406 g/mol. The van der Waals surface area contributed by atoms with E-state index in [1.54, 1.807) is 19.2 Å². The van der Waals surface area contributed by atoms with Crippen LogP contribution in [0.4, 0.5) is 0 Å². The van der Waals surface area contributed by atoms with Gasteiger partial charge in [-0.25, -0.2) is 0 Å². The Hall–Kier alpha value is -2.88. The normalized spacial score (nSPS) is 19.1. The van der Waals surface area contributed by atoms with Crippen molar-refractivity contribution >= 4 is 0 Å². The molecule has 0 saturated heterocycles. The van der Waals surface area contributed by atoms with Crippen LogP contribution >= 0.6 is 0 Å². The zero-order valence-corrected chi connectivity index (χ0v) is 18.2. The fourth-order valence-corrected chi connectivity index (χ4v) is 4.24. The topological polar surface area (TPSA) is 47.9 Å². The van der Waals surface area contributed by atoms with Crippen molar-refractivity contribution in [2.45, 2.75) is 52.1 Å². The maximum atomic E-state index is 9.75. The average molecular weight is 407 g/mol. The SMILES string of the molecule is COc1cc2c(cc1C/C=C(\C)CCC=C(C)C)[C@@H]1COc3cc(O)ccc3[C@@H]1O2. The number of hydrogen-bond acceptors (Lipinski definition) is 4. The summed E-state index contributed by atoms with van der Waals surface area (Å²) < 4.78 is 17.9. The van der Waals surface area contributed by atoms with E-state index in [1.165, 1.54) is 22.3 Å². The van der Waals surface area contributed by atoms with Crippen molar-refractivity contribution in [2.75, 3.05) is 13.7 Å². The molecule has 0 bridgehead atoms. The summed E-state index contributed by atoms with van der Waals surface area (Å²) in [6.07, 6.45) is 7.47. The third-order valence-electron chi connectivity index (χ3n) is 5.92. The quantitative estimate of drug-likeness (QED) is 0.576. The van der Waals surface area contributed by atoms with Gasteiger partial charge in [-0.1, -0.05) is 23.3 Å². The number of allylic oxidation sites excluding steroid dienone is 4. The van der Waals surface area contributed by atoms with Gasteiger partial charge in [-0.05, 0) is 63.8 Å². The molecular weight excluding hydrogens is 376 g/mol. The Morgan fingerprint density at radius 1 is 1.10 bits per heavy atom. The number of aromatic hydroxyl groups is 1. The van der Waals surface area contributed by atoms with Crippen molar-refractivity contribution in [2.24, 2.45) is 0 Å². The highest BCUT2D eigenvalue weighted by Gasteiger charge is 2.41. The average Bonchev–Trinajstić information content (AvgIpc) is 3.08. The van der Waals surface area contributed by atoms with Crippen LogP contribution in [0, 0.1) is 0 Å². The van der Waals surface area contributed by atoms with E-state index < -0.39 is 0 Å². The number of phenols is 1. The maximum Gasteiger partial charge on any atom is 0.138 e. The Morgan fingerprint density at radius 3 is 2.70 bits per heavy atom. The first kappa shape index (κ1) is 20.4. The molecule has 0 fully saturated rings. The molecule has 2 aliphatic heterocycles. The summed E-state index contributed by atoms with van der Waals surface area (Å²) in [6, 6.07) is 9.46. The summed E-state index contributed by atoms with van der Waals surface area (Å²) in [7, 11) is 1.71. The van der Waals surface area contributed by atoms with Gasteiger partial charge in [-0.2, -0.15) is 0 Å². The third-order valence-corrected chi connectivity index (χ3v) is 5.92. The number of hydrogen-bond donors (Lipinski definition) is 1. The minimum absolute atomic E-state index is 0.0920. The van der Waals surface area contributed by atoms with E-state index in [0.29, 0.717) is 12.4 Å². The molecule has 0 spiro atoms. The number of fused-ring (bicyclic) bond motifs is 5. The summed E-state index contributed by atoms with van der Waals surface area (Å²) in [5.74, 6) is 2.76. The zero-order valence-electron chi connectivity index (χ0n) is 18.2. The van der Waals surface area contributed by atoms with Crippen molar-refractivity contribution in [3.63, 3.8) is 0 Å². The molecule has 0 amide bonds. The number of phenolic OH excluding ortho intramolecular Hbond substituents is 1. The lowest BCUT2D eigenvalue weighted by molar-refractivity contribution is 0.139. The molecule has 4 nitrogen and oxygen atoms in total. The van der Waals surface area contributed by atoms with Gasteiger partial charge in [-0.3, -0.25) is 0 Å². The molecule has 4 heteroatoms. The fraction of sp³-hybridized carbons (Fsp3) is 0.385. The van der Waals surface area contributed by atoms with E-state index in [0.717, 1.165) is 36.3 Å². The maximum absolute atomic E-state index is 9.75. The van der Waals surface area contributed by atoms with Crippen LogP contribution in [0.5, 0.6) is 23.0 Å². The Labute approximate surface area is 178 Å². The van der Waals surface area contributed by atoms with Crippen molar-refractivity contribution < 1.29 is 19.3 Å². The highest BCUT2D eigenvalue weighted by molar-refractivity contribution is 5.55. The number of methoxy groups -OCH3 is 1. The van der Waals surface area contributed by atoms with Crippen LogP contribution in [-0.2, 0) is 6.42 Å². The summed E-state index contributed by atoms with van der Waals surface area (Å²) in [6.45, 7) is 7.01. The molecule has 1 N–H and O–H groups in total. The third kappa shape index (κ3) is 4.04. The first-order valence-corrected chi connectivity index (χ1v) is 10.6. The van der Waals surface area contributed by atoms with Gasteiger partial charge in [0.05, 0.1) is 19.6 Å². The minimum atomic E-state index is -0.0920. The molecule has 0 unspecified atom stereocenters. The molecule has 4 rings (SSSR count). The number of rotatable bonds is 6. The van der Waals surface area contributed by atoms with Crippen LogP contribution < -0.4 is 14.2 Å². The van der Waals surface area contributed by atoms with E-state index in [2.05, 4.69) is 39.0 Å². The molecule has 158 valence electrons. The van der Waals surface area contributed by atoms with E-state index >= 15 is 0 Å². The van der Waals surface area contributed by atoms with Crippen molar-refractivity contribution in [3.05, 3.63) is 70.3 Å². The fourth-order valence-electron chi connectivity index (χ4n) is 4.24. The van der Waals surface area contributed by atoms with Crippen LogP contribution in [0.15, 0.2) is 53.6 Å². The first-order chi connectivity index (χ1) is 14.5. The van der Waals surface area contributed by atoms with Gasteiger partial charge in [0, 0.05) is 23.3 Å². The summed E-state index contributed by atoms with van der Waals surface area (Å²) in [5.41, 5.74) is 6.07. The molecule has 2 atom stereocenters. The van der Waals surface area contributed by atoms with Crippen LogP contribution in [0.3, 0.4) is 0 Å². The lowest BCUT2D eigenvalue weighted by atomic mass is 9.88. The molecule has 2 aromatic rings. The van der Waals surface area contributed by atoms with Gasteiger partial charge >= 0.3 is 0 Å². The van der Waals surface area contributed by atoms with Crippen LogP contribution in [0.2, 0.25) is 0 Å². The van der Waals surface area contributed by atoms with E-state index in [9.17, 15) is 5.11 Å². The molecule has 30 heavy (non-hydrogen) atoms. The Morgan fingerprint density at radius 2 is 1.93 bits per heavy atom. The van der Waals surface area contributed by atoms with E-state index in [-0.39, 0.29) is 17.8 Å². The molecule has 0 radical (unpaired) electrons. The van der Waals surface area contributed by atoms with Crippen LogP contribution in [0.25, 0.3) is 0 Å². The van der Waals surface area contributed by atoms with Crippen molar-refractivity contribution in [3.8, 4) is 23.0 Å². The van der Waals surface area contributed by atoms with Gasteiger partial charge in [-0.15, -0.1) is 0 Å². The Bertz CT molecular complexity index is 998. The van der Waals surface area contributed by atoms with Gasteiger partial charge in [0.1, 0.15) is 29.1 Å². The second-order valence-electron chi connectivity index (χ2n) is 8.45. The standard InChI is InChI=1S/C26H30O4/c1-16(2)6-5-7-17(3)8-9-18-12-21-22-15-29-24-13-19(27)10-11-20(24)26(22)30-25(21)14-23(18)28-4/h6,8,10-14,22,26-27H,5,7,9,15H2,1-4H3/b17-8+/t22-,26-/m0/s1. The smallest absolute Gasteiger partial charge is 0.138 e. The molecule has 0 saturated carbocycles. The van der Waals surface area contributed by atoms with Gasteiger partial charge < -0.3 is 19.3 Å². The molecular formula is C26H30O4. The lowest BCUT2D eigenvalue weighted by Crippen LogP contribution is -2.23. The van der Waals surface area contributed by atoms with E-state index in [1.807, 2.05) is 12.1 Å². The first-order valence-electron chi connectivity index (χ1n) is 10.6. The largest absolute Gasteiger partial charge is 0.508 e. The second kappa shape index (κ2) is 8.47. The second-order valence-corrected chi connectivity index (χ2v) is 8.45. The number of ether oxygens (including phenoxy) is 3. The van der Waals surface area contributed by atoms with Crippen LogP contribution in [-0.4, -0.2) is 18.8 Å². The summed E-state index contributed by atoms with van der Waals surface area (Å²) in [4.78, 5) is 0. The lowest BCUT2D eigenvalue weighted by Gasteiger charge is -2.27. The molecule has 0 aromatic heterocycles. The van der Waals surface area contributed by atoms with Gasteiger partial charge in [0.25, 0.3) is 0 Å². The highest BCUT2D eigenvalue weighted by Crippen LogP contribution is 2.52. The molecule has 2 heterocycles. The van der Waals surface area contributed by atoms with E-state index in [4.69, 9.17) is 14.2 Å².